The van der Waals surface area contributed by atoms with Gasteiger partial charge in [0, 0.05) is 24.6 Å². The number of aliphatic carboxylic acids is 1. The normalized spacial score (nSPS) is 11.7. The lowest BCUT2D eigenvalue weighted by Crippen LogP contribution is -2.38. The van der Waals surface area contributed by atoms with E-state index in [1.807, 2.05) is 12.1 Å². The second-order valence-electron chi connectivity index (χ2n) is 8.79. The van der Waals surface area contributed by atoms with E-state index in [-0.39, 0.29) is 12.5 Å². The van der Waals surface area contributed by atoms with Crippen LogP contribution in [0.1, 0.15) is 57.9 Å². The van der Waals surface area contributed by atoms with E-state index in [4.69, 9.17) is 32.7 Å². The van der Waals surface area contributed by atoms with Crippen molar-refractivity contribution in [3.63, 3.8) is 0 Å². The molecule has 2 rings (SSSR count). The molecule has 2 aromatic rings. The number of hydrogen-bond donors (Lipinski definition) is 2. The molecule has 0 aromatic heterocycles. The number of nitrogens with one attached hydrogen (secondary N) is 1. The van der Waals surface area contributed by atoms with E-state index in [1.54, 1.807) is 42.2 Å². The monoisotopic (exact) mass is 552 g/mol. The molecular weight excluding hydrogens is 515 g/mol. The molecule has 0 radical (unpaired) electrons. The smallest absolute Gasteiger partial charge is 0.333 e. The predicted molar refractivity (Wildman–Crippen MR) is 149 cm³/mol. The van der Waals surface area contributed by atoms with Gasteiger partial charge >= 0.3 is 12.0 Å². The number of anilines is 1. The number of halogens is 2. The van der Waals surface area contributed by atoms with Gasteiger partial charge in [-0.15, -0.1) is 0 Å². The molecule has 204 valence electrons. The number of unbranched alkanes of at least 4 members (excludes halogenated alkanes) is 5. The lowest BCUT2D eigenvalue weighted by atomic mass is 10.1. The molecule has 0 saturated heterocycles. The van der Waals surface area contributed by atoms with Crippen molar-refractivity contribution < 1.29 is 24.2 Å². The van der Waals surface area contributed by atoms with Crippen LogP contribution in [0.15, 0.2) is 42.5 Å². The summed E-state index contributed by atoms with van der Waals surface area (Å²) in [7, 11) is 0. The van der Waals surface area contributed by atoms with Crippen molar-refractivity contribution in [2.45, 2.75) is 64.9 Å². The van der Waals surface area contributed by atoms with Crippen LogP contribution in [0.5, 0.6) is 5.75 Å². The Bertz CT molecular complexity index is 972. The molecule has 0 spiro atoms. The molecule has 0 aliphatic rings. The highest BCUT2D eigenvalue weighted by Gasteiger charge is 2.18. The van der Waals surface area contributed by atoms with Gasteiger partial charge in [-0.25, -0.2) is 9.59 Å². The maximum absolute atomic E-state index is 13.0. The quantitative estimate of drug-likeness (QED) is 0.201. The average molecular weight is 554 g/mol. The van der Waals surface area contributed by atoms with Crippen LogP contribution in [0.4, 0.5) is 10.5 Å². The van der Waals surface area contributed by atoms with Crippen LogP contribution in [0.2, 0.25) is 10.0 Å². The van der Waals surface area contributed by atoms with Crippen LogP contribution in [0, 0.1) is 0 Å². The lowest BCUT2D eigenvalue weighted by molar-refractivity contribution is -0.149. The van der Waals surface area contributed by atoms with Gasteiger partial charge in [0.2, 0.25) is 0 Å². The summed E-state index contributed by atoms with van der Waals surface area (Å²) in [5, 5.41) is 13.0. The van der Waals surface area contributed by atoms with Gasteiger partial charge in [-0.2, -0.15) is 0 Å². The first-order valence-corrected chi connectivity index (χ1v) is 13.7. The Kier molecular flexibility index (Phi) is 14.2. The Labute approximate surface area is 230 Å². The highest BCUT2D eigenvalue weighted by Crippen LogP contribution is 2.25. The summed E-state index contributed by atoms with van der Waals surface area (Å²) in [5.41, 5.74) is 1.35. The molecule has 0 aliphatic carbocycles. The summed E-state index contributed by atoms with van der Waals surface area (Å²) >= 11 is 12.2. The number of rotatable bonds is 17. The maximum atomic E-state index is 13.0. The lowest BCUT2D eigenvalue weighted by Gasteiger charge is -2.23. The Morgan fingerprint density at radius 1 is 0.973 bits per heavy atom. The second kappa shape index (κ2) is 17.1. The number of ether oxygens (including phenoxy) is 2. The molecule has 2 aromatic carbocycles. The largest absolute Gasteiger partial charge is 0.492 e. The number of amides is 2. The van der Waals surface area contributed by atoms with Gasteiger partial charge in [0.25, 0.3) is 0 Å². The molecule has 2 amide bonds. The third kappa shape index (κ3) is 11.6. The fourth-order valence-corrected chi connectivity index (χ4v) is 4.27. The Hall–Kier alpha value is -2.48. The van der Waals surface area contributed by atoms with Crippen molar-refractivity contribution in [1.82, 2.24) is 4.90 Å². The van der Waals surface area contributed by atoms with Crippen LogP contribution in [0.25, 0.3) is 0 Å². The van der Waals surface area contributed by atoms with Gasteiger partial charge in [-0.05, 0) is 49.2 Å². The van der Waals surface area contributed by atoms with E-state index in [9.17, 15) is 14.7 Å². The number of carboxylic acid groups (broad SMARTS) is 1. The molecule has 37 heavy (non-hydrogen) atoms. The Balaban J connectivity index is 1.92. The summed E-state index contributed by atoms with van der Waals surface area (Å²) in [6, 6.07) is 12.0. The van der Waals surface area contributed by atoms with Gasteiger partial charge in [0.1, 0.15) is 12.4 Å². The molecule has 0 aliphatic heterocycles. The standard InChI is InChI=1S/C28H38Cl2N2O5/c1-3-5-6-7-8-9-16-32(28(35)31-25-15-12-22(29)20-24(25)30)17-18-37-23-13-10-21(11-14-23)19-26(27(33)34)36-4-2/h10-15,20,26H,3-9,16-19H2,1-2H3,(H,31,35)(H,33,34). The number of urea groups is 1. The van der Waals surface area contributed by atoms with E-state index in [1.165, 1.54) is 19.3 Å². The molecule has 9 heteroatoms. The zero-order valence-electron chi connectivity index (χ0n) is 21.7. The van der Waals surface area contributed by atoms with Crippen LogP contribution >= 0.6 is 23.2 Å². The minimum atomic E-state index is -0.981. The summed E-state index contributed by atoms with van der Waals surface area (Å²) in [4.78, 5) is 26.1. The Morgan fingerprint density at radius 3 is 2.32 bits per heavy atom. The zero-order chi connectivity index (χ0) is 27.0. The highest BCUT2D eigenvalue weighted by molar-refractivity contribution is 6.36. The molecule has 0 bridgehead atoms. The van der Waals surface area contributed by atoms with Crippen molar-refractivity contribution in [2.24, 2.45) is 0 Å². The van der Waals surface area contributed by atoms with Crippen LogP contribution < -0.4 is 10.1 Å². The third-order valence-corrected chi connectivity index (χ3v) is 6.41. The summed E-state index contributed by atoms with van der Waals surface area (Å²) in [6.07, 6.45) is 6.16. The van der Waals surface area contributed by atoms with Crippen molar-refractivity contribution in [2.75, 3.05) is 31.6 Å². The number of carbonyl (C=O) groups excluding carboxylic acids is 1. The van der Waals surface area contributed by atoms with Gasteiger partial charge < -0.3 is 24.8 Å². The molecule has 1 unspecified atom stereocenters. The Morgan fingerprint density at radius 2 is 1.68 bits per heavy atom. The fraction of sp³-hybridized carbons (Fsp3) is 0.500. The highest BCUT2D eigenvalue weighted by atomic mass is 35.5. The minimum Gasteiger partial charge on any atom is -0.492 e. The minimum absolute atomic E-state index is 0.243. The van der Waals surface area contributed by atoms with E-state index < -0.39 is 12.1 Å². The second-order valence-corrected chi connectivity index (χ2v) is 9.63. The third-order valence-electron chi connectivity index (χ3n) is 5.86. The predicted octanol–water partition coefficient (Wildman–Crippen LogP) is 7.30. The molecule has 7 nitrogen and oxygen atoms in total. The van der Waals surface area contributed by atoms with Gasteiger partial charge in [-0.1, -0.05) is 74.4 Å². The van der Waals surface area contributed by atoms with Crippen molar-refractivity contribution in [1.29, 1.82) is 0 Å². The number of carbonyl (C=O) groups is 2. The van der Waals surface area contributed by atoms with Gasteiger partial charge in [0.15, 0.2) is 6.10 Å². The molecule has 0 heterocycles. The zero-order valence-corrected chi connectivity index (χ0v) is 23.2. The summed E-state index contributed by atoms with van der Waals surface area (Å²) in [6.45, 7) is 5.62. The maximum Gasteiger partial charge on any atom is 0.333 e. The van der Waals surface area contributed by atoms with E-state index in [0.717, 1.165) is 24.8 Å². The van der Waals surface area contributed by atoms with Crippen molar-refractivity contribution >= 4 is 40.9 Å². The van der Waals surface area contributed by atoms with Crippen molar-refractivity contribution in [3.8, 4) is 5.75 Å². The number of benzene rings is 2. The number of nitrogens with zero attached hydrogens (tertiary/aromatic N) is 1. The topological polar surface area (TPSA) is 88.1 Å². The first-order chi connectivity index (χ1) is 17.8. The van der Waals surface area contributed by atoms with Gasteiger partial charge in [0.05, 0.1) is 17.3 Å². The van der Waals surface area contributed by atoms with Crippen LogP contribution in [-0.2, 0) is 16.0 Å². The summed E-state index contributed by atoms with van der Waals surface area (Å²) in [5.74, 6) is -0.335. The van der Waals surface area contributed by atoms with Crippen LogP contribution in [-0.4, -0.2) is 54.4 Å². The van der Waals surface area contributed by atoms with E-state index >= 15 is 0 Å². The van der Waals surface area contributed by atoms with Crippen molar-refractivity contribution in [3.05, 3.63) is 58.1 Å². The SMILES string of the molecule is CCCCCCCCN(CCOc1ccc(CC(OCC)C(=O)O)cc1)C(=O)Nc1ccc(Cl)cc1Cl. The van der Waals surface area contributed by atoms with E-state index in [0.29, 0.717) is 47.8 Å². The fourth-order valence-electron chi connectivity index (χ4n) is 3.81. The molecule has 2 N–H and O–H groups in total. The van der Waals surface area contributed by atoms with Crippen LogP contribution in [0.3, 0.4) is 0 Å². The molecule has 0 saturated carbocycles. The first kappa shape index (κ1) is 30.7. The number of hydrogen-bond acceptors (Lipinski definition) is 4. The summed E-state index contributed by atoms with van der Waals surface area (Å²) < 4.78 is 11.2. The molecular formula is C28H38Cl2N2O5. The number of carboxylic acids is 1. The van der Waals surface area contributed by atoms with Gasteiger partial charge in [-0.3, -0.25) is 0 Å². The molecule has 1 atom stereocenters. The van der Waals surface area contributed by atoms with E-state index in [2.05, 4.69) is 12.2 Å². The molecule has 0 fully saturated rings. The average Bonchev–Trinajstić information content (AvgIpc) is 2.87. The first-order valence-electron chi connectivity index (χ1n) is 12.9.